The summed E-state index contributed by atoms with van der Waals surface area (Å²) in [6.07, 6.45) is 0. The molecule has 0 aromatic heterocycles. The van der Waals surface area contributed by atoms with Gasteiger partial charge in [0.05, 0.1) is 13.0 Å². The molecule has 0 fully saturated rings. The first kappa shape index (κ1) is 14.6. The van der Waals surface area contributed by atoms with Gasteiger partial charge in [-0.2, -0.15) is 0 Å². The Kier molecular flexibility index (Phi) is 5.20. The minimum absolute atomic E-state index is 0.115. The van der Waals surface area contributed by atoms with Crippen molar-refractivity contribution in [3.05, 3.63) is 29.3 Å². The highest BCUT2D eigenvalue weighted by atomic mass is 16.5. The zero-order chi connectivity index (χ0) is 13.7. The van der Waals surface area contributed by atoms with E-state index in [0.29, 0.717) is 6.54 Å². The molecule has 1 aromatic rings. The summed E-state index contributed by atoms with van der Waals surface area (Å²) in [4.78, 5) is 11.6. The van der Waals surface area contributed by atoms with Gasteiger partial charge in [0.25, 0.3) is 0 Å². The Morgan fingerprint density at radius 3 is 2.22 bits per heavy atom. The minimum atomic E-state index is -0.151. The van der Waals surface area contributed by atoms with E-state index in [1.54, 1.807) is 0 Å². The van der Waals surface area contributed by atoms with E-state index in [1.165, 1.54) is 18.2 Å². The fourth-order valence-corrected chi connectivity index (χ4v) is 2.05. The topological polar surface area (TPSA) is 38.3 Å². The number of ether oxygens (including phenoxy) is 1. The Balaban J connectivity index is 2.69. The van der Waals surface area contributed by atoms with Crippen LogP contribution in [0.25, 0.3) is 0 Å². The number of hydrogen-bond acceptors (Lipinski definition) is 3. The number of carbonyl (C=O) groups excluding carboxylic acids is 1. The molecule has 0 saturated heterocycles. The predicted octanol–water partition coefficient (Wildman–Crippen LogP) is 3.16. The largest absolute Gasteiger partial charge is 0.469 e. The van der Waals surface area contributed by atoms with Crippen LogP contribution in [0.1, 0.15) is 25.0 Å². The highest BCUT2D eigenvalue weighted by Crippen LogP contribution is 2.17. The molecule has 0 bridgehead atoms. The number of carbonyl (C=O) groups is 1. The van der Waals surface area contributed by atoms with Crippen LogP contribution in [-0.2, 0) is 9.53 Å². The zero-order valence-corrected chi connectivity index (χ0v) is 11.9. The Labute approximate surface area is 110 Å². The van der Waals surface area contributed by atoms with Crippen molar-refractivity contribution in [1.82, 2.24) is 0 Å². The van der Waals surface area contributed by atoms with Gasteiger partial charge >= 0.3 is 5.97 Å². The fraction of sp³-hybridized carbons (Fsp3) is 0.533. The van der Waals surface area contributed by atoms with Crippen LogP contribution in [0.5, 0.6) is 0 Å². The average molecular weight is 249 g/mol. The molecule has 0 saturated carbocycles. The van der Waals surface area contributed by atoms with Gasteiger partial charge in [-0.25, -0.2) is 0 Å². The first-order valence-corrected chi connectivity index (χ1v) is 6.34. The summed E-state index contributed by atoms with van der Waals surface area (Å²) in [5, 5.41) is 3.32. The molecule has 3 heteroatoms. The van der Waals surface area contributed by atoms with Crippen molar-refractivity contribution in [2.75, 3.05) is 19.0 Å². The molecular formula is C15H23NO2. The van der Waals surface area contributed by atoms with Gasteiger partial charge in [0.2, 0.25) is 0 Å². The predicted molar refractivity (Wildman–Crippen MR) is 74.7 cm³/mol. The van der Waals surface area contributed by atoms with Crippen LogP contribution < -0.4 is 5.32 Å². The number of benzene rings is 1. The normalized spacial score (nSPS) is 12.3. The van der Waals surface area contributed by atoms with Crippen LogP contribution in [0.2, 0.25) is 0 Å². The van der Waals surface area contributed by atoms with Crippen LogP contribution >= 0.6 is 0 Å². The van der Waals surface area contributed by atoms with E-state index in [-0.39, 0.29) is 17.8 Å². The van der Waals surface area contributed by atoms with Gasteiger partial charge < -0.3 is 10.1 Å². The van der Waals surface area contributed by atoms with Gasteiger partial charge in [-0.1, -0.05) is 19.9 Å². The molecule has 18 heavy (non-hydrogen) atoms. The van der Waals surface area contributed by atoms with Gasteiger partial charge in [-0.15, -0.1) is 0 Å². The SMILES string of the molecule is COC(=O)C(CNc1cc(C)cc(C)c1)C(C)C. The summed E-state index contributed by atoms with van der Waals surface area (Å²) >= 11 is 0. The highest BCUT2D eigenvalue weighted by Gasteiger charge is 2.22. The Hall–Kier alpha value is -1.51. The van der Waals surface area contributed by atoms with Crippen molar-refractivity contribution in [3.63, 3.8) is 0 Å². The van der Waals surface area contributed by atoms with E-state index in [1.807, 2.05) is 13.8 Å². The van der Waals surface area contributed by atoms with Crippen molar-refractivity contribution >= 4 is 11.7 Å². The molecule has 0 aliphatic rings. The molecule has 3 nitrogen and oxygen atoms in total. The summed E-state index contributed by atoms with van der Waals surface area (Å²) in [6, 6.07) is 6.30. The summed E-state index contributed by atoms with van der Waals surface area (Å²) in [6.45, 7) is 8.81. The van der Waals surface area contributed by atoms with Gasteiger partial charge in [0, 0.05) is 12.2 Å². The Morgan fingerprint density at radius 2 is 1.78 bits per heavy atom. The summed E-state index contributed by atoms with van der Waals surface area (Å²) in [7, 11) is 1.44. The molecule has 0 radical (unpaired) electrons. The number of anilines is 1. The second kappa shape index (κ2) is 6.43. The summed E-state index contributed by atoms with van der Waals surface area (Å²) in [5.41, 5.74) is 3.50. The molecule has 1 N–H and O–H groups in total. The lowest BCUT2D eigenvalue weighted by Gasteiger charge is -2.19. The third-order valence-corrected chi connectivity index (χ3v) is 3.06. The monoisotopic (exact) mass is 249 g/mol. The van der Waals surface area contributed by atoms with Crippen LogP contribution in [0.15, 0.2) is 18.2 Å². The second-order valence-corrected chi connectivity index (χ2v) is 5.13. The van der Waals surface area contributed by atoms with E-state index >= 15 is 0 Å². The lowest BCUT2D eigenvalue weighted by molar-refractivity contribution is -0.146. The first-order valence-electron chi connectivity index (χ1n) is 6.34. The number of esters is 1. The number of nitrogens with one attached hydrogen (secondary N) is 1. The van der Waals surface area contributed by atoms with Gasteiger partial charge in [-0.05, 0) is 43.0 Å². The molecule has 0 amide bonds. The van der Waals surface area contributed by atoms with Gasteiger partial charge in [0.15, 0.2) is 0 Å². The van der Waals surface area contributed by atoms with Crippen molar-refractivity contribution < 1.29 is 9.53 Å². The summed E-state index contributed by atoms with van der Waals surface area (Å²) < 4.78 is 4.83. The second-order valence-electron chi connectivity index (χ2n) is 5.13. The lowest BCUT2D eigenvalue weighted by Crippen LogP contribution is -2.28. The van der Waals surface area contributed by atoms with Crippen LogP contribution in [0.3, 0.4) is 0 Å². The first-order chi connectivity index (χ1) is 8.43. The molecule has 1 aromatic carbocycles. The quantitative estimate of drug-likeness (QED) is 0.815. The minimum Gasteiger partial charge on any atom is -0.469 e. The smallest absolute Gasteiger partial charge is 0.310 e. The van der Waals surface area contributed by atoms with E-state index in [9.17, 15) is 4.79 Å². The van der Waals surface area contributed by atoms with E-state index in [4.69, 9.17) is 4.74 Å². The Bertz CT molecular complexity index is 393. The maximum absolute atomic E-state index is 11.6. The van der Waals surface area contributed by atoms with E-state index in [0.717, 1.165) is 5.69 Å². The van der Waals surface area contributed by atoms with Crippen molar-refractivity contribution in [1.29, 1.82) is 0 Å². The molecule has 1 unspecified atom stereocenters. The van der Waals surface area contributed by atoms with Gasteiger partial charge in [-0.3, -0.25) is 4.79 Å². The van der Waals surface area contributed by atoms with Crippen LogP contribution in [0.4, 0.5) is 5.69 Å². The molecule has 100 valence electrons. The molecule has 0 spiro atoms. The third-order valence-electron chi connectivity index (χ3n) is 3.06. The maximum atomic E-state index is 11.6. The van der Waals surface area contributed by atoms with Crippen molar-refractivity contribution in [3.8, 4) is 0 Å². The maximum Gasteiger partial charge on any atom is 0.310 e. The lowest BCUT2D eigenvalue weighted by atomic mass is 9.96. The molecular weight excluding hydrogens is 226 g/mol. The van der Waals surface area contributed by atoms with E-state index < -0.39 is 0 Å². The fourth-order valence-electron chi connectivity index (χ4n) is 2.05. The van der Waals surface area contributed by atoms with Crippen molar-refractivity contribution in [2.24, 2.45) is 11.8 Å². The molecule has 0 aliphatic carbocycles. The van der Waals surface area contributed by atoms with E-state index in [2.05, 4.69) is 37.4 Å². The highest BCUT2D eigenvalue weighted by molar-refractivity contribution is 5.73. The molecule has 1 atom stereocenters. The van der Waals surface area contributed by atoms with Gasteiger partial charge in [0.1, 0.15) is 0 Å². The molecule has 0 heterocycles. The zero-order valence-electron chi connectivity index (χ0n) is 11.9. The van der Waals surface area contributed by atoms with Crippen molar-refractivity contribution in [2.45, 2.75) is 27.7 Å². The standard InChI is InChI=1S/C15H23NO2/c1-10(2)14(15(17)18-5)9-16-13-7-11(3)6-12(4)8-13/h6-8,10,14,16H,9H2,1-5H3. The molecule has 0 aliphatic heterocycles. The number of rotatable bonds is 5. The number of methoxy groups -OCH3 is 1. The number of hydrogen-bond donors (Lipinski definition) is 1. The average Bonchev–Trinajstić information content (AvgIpc) is 2.27. The molecule has 1 rings (SSSR count). The summed E-state index contributed by atoms with van der Waals surface area (Å²) in [5.74, 6) is -0.00597. The van der Waals surface area contributed by atoms with Crippen LogP contribution in [-0.4, -0.2) is 19.6 Å². The third kappa shape index (κ3) is 4.06. The van der Waals surface area contributed by atoms with Crippen LogP contribution in [0, 0.1) is 25.7 Å². The number of aryl methyl sites for hydroxylation is 2. The Morgan fingerprint density at radius 1 is 1.22 bits per heavy atom.